The van der Waals surface area contributed by atoms with E-state index in [1.165, 1.54) is 4.70 Å². The Bertz CT molecular complexity index is 811. The molecule has 0 spiro atoms. The lowest BCUT2D eigenvalue weighted by Gasteiger charge is -2.06. The quantitative estimate of drug-likeness (QED) is 0.622. The Balaban J connectivity index is 1.37. The number of nitrogens with zero attached hydrogens (tertiary/aromatic N) is 1. The van der Waals surface area contributed by atoms with Crippen LogP contribution in [0.25, 0.3) is 10.2 Å². The summed E-state index contributed by atoms with van der Waals surface area (Å²) < 4.78 is 6.42. The summed E-state index contributed by atoms with van der Waals surface area (Å²) in [7, 11) is 1.65. The second-order valence-corrected chi connectivity index (χ2v) is 7.00. The van der Waals surface area contributed by atoms with Crippen molar-refractivity contribution in [3.05, 3.63) is 59.1 Å². The maximum Gasteiger partial charge on any atom is 0.220 e. The van der Waals surface area contributed by atoms with Gasteiger partial charge >= 0.3 is 0 Å². The SMILES string of the molecule is COc1cccc(CCC(=O)NCCCc2nc3ccccc3s2)c1. The van der Waals surface area contributed by atoms with Gasteiger partial charge in [-0.05, 0) is 42.7 Å². The van der Waals surface area contributed by atoms with Crippen molar-refractivity contribution in [1.82, 2.24) is 10.3 Å². The highest BCUT2D eigenvalue weighted by atomic mass is 32.1. The molecule has 1 amide bonds. The van der Waals surface area contributed by atoms with Gasteiger partial charge in [0.05, 0.1) is 22.3 Å². The van der Waals surface area contributed by atoms with E-state index in [9.17, 15) is 4.79 Å². The summed E-state index contributed by atoms with van der Waals surface area (Å²) in [6, 6.07) is 16.0. The predicted octanol–water partition coefficient (Wildman–Crippen LogP) is 3.99. The monoisotopic (exact) mass is 354 g/mol. The molecule has 0 saturated heterocycles. The largest absolute Gasteiger partial charge is 0.497 e. The number of hydrogen-bond donors (Lipinski definition) is 1. The Morgan fingerprint density at radius 1 is 1.16 bits per heavy atom. The first kappa shape index (κ1) is 17.4. The summed E-state index contributed by atoms with van der Waals surface area (Å²) in [5, 5.41) is 4.12. The van der Waals surface area contributed by atoms with Crippen LogP contribution in [0.15, 0.2) is 48.5 Å². The van der Waals surface area contributed by atoms with Gasteiger partial charge in [0.2, 0.25) is 5.91 Å². The van der Waals surface area contributed by atoms with Crippen LogP contribution in [0.2, 0.25) is 0 Å². The zero-order valence-electron chi connectivity index (χ0n) is 14.3. The summed E-state index contributed by atoms with van der Waals surface area (Å²) in [4.78, 5) is 16.6. The first-order chi connectivity index (χ1) is 12.2. The number of rotatable bonds is 8. The summed E-state index contributed by atoms with van der Waals surface area (Å²) >= 11 is 1.73. The van der Waals surface area contributed by atoms with E-state index in [0.717, 1.165) is 41.1 Å². The molecule has 3 rings (SSSR count). The fourth-order valence-electron chi connectivity index (χ4n) is 2.67. The molecule has 3 aromatic rings. The highest BCUT2D eigenvalue weighted by Gasteiger charge is 2.05. The number of aromatic nitrogens is 1. The minimum absolute atomic E-state index is 0.0899. The van der Waals surface area contributed by atoms with Crippen molar-refractivity contribution in [2.24, 2.45) is 0 Å². The third-order valence-corrected chi connectivity index (χ3v) is 5.10. The Labute approximate surface area is 151 Å². The molecule has 0 atom stereocenters. The minimum atomic E-state index is 0.0899. The molecule has 0 aliphatic carbocycles. The van der Waals surface area contributed by atoms with Crippen LogP contribution in [0.3, 0.4) is 0 Å². The molecule has 1 aromatic heterocycles. The first-order valence-corrected chi connectivity index (χ1v) is 9.30. The van der Waals surface area contributed by atoms with Crippen molar-refractivity contribution >= 4 is 27.5 Å². The van der Waals surface area contributed by atoms with Gasteiger partial charge in [-0.3, -0.25) is 4.79 Å². The number of hydrogen-bond acceptors (Lipinski definition) is 4. The summed E-state index contributed by atoms with van der Waals surface area (Å²) in [5.41, 5.74) is 2.17. The van der Waals surface area contributed by atoms with Gasteiger partial charge in [-0.1, -0.05) is 24.3 Å². The number of amides is 1. The van der Waals surface area contributed by atoms with Crippen LogP contribution < -0.4 is 10.1 Å². The second-order valence-electron chi connectivity index (χ2n) is 5.88. The Kier molecular flexibility index (Phi) is 6.01. The topological polar surface area (TPSA) is 51.2 Å². The lowest BCUT2D eigenvalue weighted by molar-refractivity contribution is -0.121. The average molecular weight is 354 g/mol. The molecule has 5 heteroatoms. The molecule has 130 valence electrons. The fourth-order valence-corrected chi connectivity index (χ4v) is 3.68. The van der Waals surface area contributed by atoms with Gasteiger partial charge in [-0.2, -0.15) is 0 Å². The third kappa shape index (κ3) is 5.03. The van der Waals surface area contributed by atoms with Crippen molar-refractivity contribution < 1.29 is 9.53 Å². The number of thiazole rings is 1. The van der Waals surface area contributed by atoms with Crippen LogP contribution in [-0.4, -0.2) is 24.5 Å². The van der Waals surface area contributed by atoms with Crippen LogP contribution >= 0.6 is 11.3 Å². The number of fused-ring (bicyclic) bond motifs is 1. The molecule has 0 bridgehead atoms. The van der Waals surface area contributed by atoms with Gasteiger partial charge in [-0.25, -0.2) is 4.98 Å². The van der Waals surface area contributed by atoms with Crippen molar-refractivity contribution in [3.8, 4) is 5.75 Å². The summed E-state index contributed by atoms with van der Waals surface area (Å²) in [5.74, 6) is 0.917. The maximum absolute atomic E-state index is 12.0. The number of carbonyl (C=O) groups excluding carboxylic acids is 1. The van der Waals surface area contributed by atoms with Crippen LogP contribution in [0, 0.1) is 0 Å². The van der Waals surface area contributed by atoms with E-state index in [-0.39, 0.29) is 5.91 Å². The van der Waals surface area contributed by atoms with Crippen LogP contribution in [0.5, 0.6) is 5.75 Å². The molecule has 4 nitrogen and oxygen atoms in total. The van der Waals surface area contributed by atoms with Crippen LogP contribution in [0.1, 0.15) is 23.4 Å². The normalized spacial score (nSPS) is 10.8. The van der Waals surface area contributed by atoms with Crippen LogP contribution in [0.4, 0.5) is 0 Å². The van der Waals surface area contributed by atoms with Crippen LogP contribution in [-0.2, 0) is 17.6 Å². The van der Waals surface area contributed by atoms with Gasteiger partial charge in [0.25, 0.3) is 0 Å². The zero-order chi connectivity index (χ0) is 17.5. The van der Waals surface area contributed by atoms with Gasteiger partial charge in [0.1, 0.15) is 5.75 Å². The highest BCUT2D eigenvalue weighted by Crippen LogP contribution is 2.22. The lowest BCUT2D eigenvalue weighted by Crippen LogP contribution is -2.24. The van der Waals surface area contributed by atoms with E-state index in [0.29, 0.717) is 13.0 Å². The lowest BCUT2D eigenvalue weighted by atomic mass is 10.1. The van der Waals surface area contributed by atoms with Gasteiger partial charge < -0.3 is 10.1 Å². The van der Waals surface area contributed by atoms with Gasteiger partial charge in [-0.15, -0.1) is 11.3 Å². The predicted molar refractivity (Wildman–Crippen MR) is 102 cm³/mol. The Morgan fingerprint density at radius 3 is 2.88 bits per heavy atom. The van der Waals surface area contributed by atoms with Crippen molar-refractivity contribution in [3.63, 3.8) is 0 Å². The second kappa shape index (κ2) is 8.62. The number of benzene rings is 2. The number of para-hydroxylation sites is 1. The molecule has 1 N–H and O–H groups in total. The van der Waals surface area contributed by atoms with Gasteiger partial charge in [0, 0.05) is 19.4 Å². The smallest absolute Gasteiger partial charge is 0.220 e. The number of carbonyl (C=O) groups is 1. The number of aryl methyl sites for hydroxylation is 2. The van der Waals surface area contributed by atoms with E-state index in [1.54, 1.807) is 18.4 Å². The standard InChI is InChI=1S/C20H22N2O2S/c1-24-16-7-4-6-15(14-16)11-12-19(23)21-13-5-10-20-22-17-8-2-3-9-18(17)25-20/h2-4,6-9,14H,5,10-13H2,1H3,(H,21,23). The summed E-state index contributed by atoms with van der Waals surface area (Å²) in [6.45, 7) is 0.687. The number of nitrogens with one attached hydrogen (secondary N) is 1. The first-order valence-electron chi connectivity index (χ1n) is 8.48. The van der Waals surface area contributed by atoms with E-state index < -0.39 is 0 Å². The molecule has 25 heavy (non-hydrogen) atoms. The highest BCUT2D eigenvalue weighted by molar-refractivity contribution is 7.18. The minimum Gasteiger partial charge on any atom is -0.497 e. The Hall–Kier alpha value is -2.40. The molecule has 1 heterocycles. The third-order valence-electron chi connectivity index (χ3n) is 4.00. The van der Waals surface area contributed by atoms with Crippen molar-refractivity contribution in [1.29, 1.82) is 0 Å². The van der Waals surface area contributed by atoms with E-state index in [4.69, 9.17) is 4.74 Å². The fraction of sp³-hybridized carbons (Fsp3) is 0.300. The van der Waals surface area contributed by atoms with E-state index in [1.807, 2.05) is 42.5 Å². The van der Waals surface area contributed by atoms with E-state index in [2.05, 4.69) is 16.4 Å². The van der Waals surface area contributed by atoms with Gasteiger partial charge in [0.15, 0.2) is 0 Å². The molecular weight excluding hydrogens is 332 g/mol. The van der Waals surface area contributed by atoms with E-state index >= 15 is 0 Å². The Morgan fingerprint density at radius 2 is 2.04 bits per heavy atom. The maximum atomic E-state index is 12.0. The zero-order valence-corrected chi connectivity index (χ0v) is 15.1. The molecule has 0 radical (unpaired) electrons. The van der Waals surface area contributed by atoms with Crippen molar-refractivity contribution in [2.75, 3.05) is 13.7 Å². The number of methoxy groups -OCH3 is 1. The number of ether oxygens (including phenoxy) is 1. The average Bonchev–Trinajstić information content (AvgIpc) is 3.06. The molecule has 0 fully saturated rings. The molecular formula is C20H22N2O2S. The van der Waals surface area contributed by atoms with Crippen molar-refractivity contribution in [2.45, 2.75) is 25.7 Å². The molecule has 0 unspecified atom stereocenters. The molecule has 2 aromatic carbocycles. The molecule has 0 aliphatic heterocycles. The molecule has 0 saturated carbocycles. The summed E-state index contributed by atoms with van der Waals surface area (Å²) in [6.07, 6.45) is 3.02. The molecule has 0 aliphatic rings.